The van der Waals surface area contributed by atoms with Gasteiger partial charge >= 0.3 is 0 Å². The molecule has 0 radical (unpaired) electrons. The van der Waals surface area contributed by atoms with Crippen LogP contribution in [0.15, 0.2) is 18.2 Å². The van der Waals surface area contributed by atoms with Crippen molar-refractivity contribution in [1.82, 2.24) is 9.97 Å². The van der Waals surface area contributed by atoms with Crippen molar-refractivity contribution in [2.45, 2.75) is 6.92 Å². The van der Waals surface area contributed by atoms with Gasteiger partial charge < -0.3 is 5.43 Å². The number of nitrogens with zero attached hydrogens (tertiary/aromatic N) is 3. The molecule has 0 bridgehead atoms. The molecule has 0 aliphatic carbocycles. The molecule has 16 heavy (non-hydrogen) atoms. The molecule has 2 rings (SSSR count). The van der Waals surface area contributed by atoms with Crippen molar-refractivity contribution in [3.8, 4) is 0 Å². The van der Waals surface area contributed by atoms with Crippen molar-refractivity contribution in [3.05, 3.63) is 34.1 Å². The van der Waals surface area contributed by atoms with Gasteiger partial charge in [-0.25, -0.2) is 15.8 Å². The number of hydrogen-bond donors (Lipinski definition) is 2. The molecule has 3 N–H and O–H groups in total. The maximum absolute atomic E-state index is 10.8. The first-order valence-corrected chi connectivity index (χ1v) is 4.52. The van der Waals surface area contributed by atoms with Gasteiger partial charge in [0.25, 0.3) is 5.69 Å². The standard InChI is InChI=1S/C9H9N5O2/c1-5-11-8-6(9(12-5)13-10)3-2-4-7(8)14(15)16/h2-4H,10H2,1H3,(H,11,12,13). The number of rotatable bonds is 2. The second kappa shape index (κ2) is 3.70. The highest BCUT2D eigenvalue weighted by atomic mass is 16.6. The fourth-order valence-corrected chi connectivity index (χ4v) is 1.51. The largest absolute Gasteiger partial charge is 0.308 e. The number of nitrogen functional groups attached to an aromatic ring is 1. The first kappa shape index (κ1) is 10.2. The van der Waals surface area contributed by atoms with E-state index >= 15 is 0 Å². The van der Waals surface area contributed by atoms with Gasteiger partial charge in [-0.2, -0.15) is 0 Å². The zero-order valence-electron chi connectivity index (χ0n) is 8.47. The number of nitrogens with one attached hydrogen (secondary N) is 1. The number of aryl methyl sites for hydroxylation is 1. The fourth-order valence-electron chi connectivity index (χ4n) is 1.51. The van der Waals surface area contributed by atoms with Crippen LogP contribution < -0.4 is 11.3 Å². The van der Waals surface area contributed by atoms with Crippen molar-refractivity contribution in [1.29, 1.82) is 0 Å². The molecular weight excluding hydrogens is 210 g/mol. The summed E-state index contributed by atoms with van der Waals surface area (Å²) >= 11 is 0. The van der Waals surface area contributed by atoms with E-state index in [0.717, 1.165) is 0 Å². The van der Waals surface area contributed by atoms with Gasteiger partial charge in [-0.05, 0) is 13.0 Å². The fraction of sp³-hybridized carbons (Fsp3) is 0.111. The highest BCUT2D eigenvalue weighted by Crippen LogP contribution is 2.27. The molecule has 7 nitrogen and oxygen atoms in total. The highest BCUT2D eigenvalue weighted by molar-refractivity contribution is 5.94. The average Bonchev–Trinajstić information content (AvgIpc) is 2.26. The second-order valence-electron chi connectivity index (χ2n) is 3.19. The summed E-state index contributed by atoms with van der Waals surface area (Å²) in [6.07, 6.45) is 0. The molecule has 0 saturated carbocycles. The first-order chi connectivity index (χ1) is 7.63. The van der Waals surface area contributed by atoms with Crippen LogP contribution in [0.5, 0.6) is 0 Å². The Morgan fingerprint density at radius 2 is 2.19 bits per heavy atom. The number of nitro groups is 1. The first-order valence-electron chi connectivity index (χ1n) is 4.52. The molecule has 0 aliphatic rings. The number of nitro benzene ring substituents is 1. The lowest BCUT2D eigenvalue weighted by molar-refractivity contribution is -0.383. The predicted molar refractivity (Wildman–Crippen MR) is 58.7 cm³/mol. The van der Waals surface area contributed by atoms with Gasteiger partial charge in [0.2, 0.25) is 0 Å². The molecule has 1 aromatic carbocycles. The van der Waals surface area contributed by atoms with Crippen molar-refractivity contribution in [2.75, 3.05) is 5.43 Å². The van der Waals surface area contributed by atoms with E-state index in [1.807, 2.05) is 0 Å². The molecule has 1 heterocycles. The SMILES string of the molecule is Cc1nc(NN)c2cccc([N+](=O)[O-])c2n1. The second-order valence-corrected chi connectivity index (χ2v) is 3.19. The van der Waals surface area contributed by atoms with Crippen molar-refractivity contribution < 1.29 is 4.92 Å². The summed E-state index contributed by atoms with van der Waals surface area (Å²) < 4.78 is 0. The Hall–Kier alpha value is -2.28. The van der Waals surface area contributed by atoms with E-state index < -0.39 is 4.92 Å². The number of fused-ring (bicyclic) bond motifs is 1. The van der Waals surface area contributed by atoms with Gasteiger partial charge in [0, 0.05) is 6.07 Å². The molecule has 0 atom stereocenters. The Morgan fingerprint density at radius 3 is 2.81 bits per heavy atom. The molecular formula is C9H9N5O2. The Labute approximate surface area is 90.4 Å². The summed E-state index contributed by atoms with van der Waals surface area (Å²) in [5, 5.41) is 11.3. The zero-order chi connectivity index (χ0) is 11.7. The van der Waals surface area contributed by atoms with Gasteiger partial charge in [-0.1, -0.05) is 6.07 Å². The smallest absolute Gasteiger partial charge is 0.295 e. The van der Waals surface area contributed by atoms with Crippen LogP contribution in [0.3, 0.4) is 0 Å². The van der Waals surface area contributed by atoms with E-state index in [2.05, 4.69) is 15.4 Å². The predicted octanol–water partition coefficient (Wildman–Crippen LogP) is 1.13. The third-order valence-corrected chi connectivity index (χ3v) is 2.15. The van der Waals surface area contributed by atoms with Crippen LogP contribution in [0.25, 0.3) is 10.9 Å². The minimum atomic E-state index is -0.477. The van der Waals surface area contributed by atoms with Crippen LogP contribution in [0.1, 0.15) is 5.82 Å². The molecule has 2 aromatic rings. The van der Waals surface area contributed by atoms with Crippen LogP contribution in [-0.4, -0.2) is 14.9 Å². The van der Waals surface area contributed by atoms with Crippen LogP contribution in [0.4, 0.5) is 11.5 Å². The number of hydrogen-bond acceptors (Lipinski definition) is 6. The van der Waals surface area contributed by atoms with E-state index in [0.29, 0.717) is 17.0 Å². The average molecular weight is 219 g/mol. The van der Waals surface area contributed by atoms with Crippen LogP contribution in [0, 0.1) is 17.0 Å². The van der Waals surface area contributed by atoms with E-state index in [9.17, 15) is 10.1 Å². The van der Waals surface area contributed by atoms with Gasteiger partial charge in [0.1, 0.15) is 5.82 Å². The third kappa shape index (κ3) is 1.52. The van der Waals surface area contributed by atoms with Crippen molar-refractivity contribution >= 4 is 22.4 Å². The van der Waals surface area contributed by atoms with E-state index in [-0.39, 0.29) is 11.2 Å². The summed E-state index contributed by atoms with van der Waals surface area (Å²) in [7, 11) is 0. The highest BCUT2D eigenvalue weighted by Gasteiger charge is 2.15. The maximum atomic E-state index is 10.8. The molecule has 0 unspecified atom stereocenters. The van der Waals surface area contributed by atoms with E-state index in [4.69, 9.17) is 5.84 Å². The summed E-state index contributed by atoms with van der Waals surface area (Å²) in [5.41, 5.74) is 2.63. The number of hydrazine groups is 1. The topological polar surface area (TPSA) is 107 Å². The van der Waals surface area contributed by atoms with Crippen molar-refractivity contribution in [2.24, 2.45) is 5.84 Å². The summed E-state index contributed by atoms with van der Waals surface area (Å²) in [6.45, 7) is 1.65. The summed E-state index contributed by atoms with van der Waals surface area (Å²) in [5.74, 6) is 6.11. The lowest BCUT2D eigenvalue weighted by Crippen LogP contribution is -2.10. The Morgan fingerprint density at radius 1 is 1.44 bits per heavy atom. The van der Waals surface area contributed by atoms with E-state index in [1.165, 1.54) is 6.07 Å². The molecule has 0 aliphatic heterocycles. The van der Waals surface area contributed by atoms with Gasteiger partial charge in [-0.3, -0.25) is 10.1 Å². The number of non-ortho nitro benzene ring substituents is 1. The molecule has 0 fully saturated rings. The number of benzene rings is 1. The van der Waals surface area contributed by atoms with Crippen LogP contribution >= 0.6 is 0 Å². The third-order valence-electron chi connectivity index (χ3n) is 2.15. The monoisotopic (exact) mass is 219 g/mol. The van der Waals surface area contributed by atoms with Crippen molar-refractivity contribution in [3.63, 3.8) is 0 Å². The van der Waals surface area contributed by atoms with Gasteiger partial charge in [-0.15, -0.1) is 0 Å². The normalized spacial score (nSPS) is 10.4. The molecule has 0 saturated heterocycles. The summed E-state index contributed by atoms with van der Waals surface area (Å²) in [6, 6.07) is 4.64. The number of para-hydroxylation sites is 1. The molecule has 82 valence electrons. The molecule has 1 aromatic heterocycles. The Bertz CT molecular complexity index is 569. The molecule has 0 amide bonds. The van der Waals surface area contributed by atoms with Gasteiger partial charge in [0.05, 0.1) is 10.3 Å². The Balaban J connectivity index is 2.87. The Kier molecular flexibility index (Phi) is 2.37. The summed E-state index contributed by atoms with van der Waals surface area (Å²) in [4.78, 5) is 18.4. The minimum Gasteiger partial charge on any atom is -0.308 e. The van der Waals surface area contributed by atoms with Crippen LogP contribution in [-0.2, 0) is 0 Å². The molecule has 7 heteroatoms. The lowest BCUT2D eigenvalue weighted by Gasteiger charge is -2.05. The lowest BCUT2D eigenvalue weighted by atomic mass is 10.2. The number of nitrogens with two attached hydrogens (primary N) is 1. The van der Waals surface area contributed by atoms with E-state index in [1.54, 1.807) is 19.1 Å². The van der Waals surface area contributed by atoms with Gasteiger partial charge in [0.15, 0.2) is 11.3 Å². The maximum Gasteiger partial charge on any atom is 0.295 e. The minimum absolute atomic E-state index is 0.0560. The molecule has 0 spiro atoms. The number of anilines is 1. The number of aromatic nitrogens is 2. The quantitative estimate of drug-likeness (QED) is 0.445. The van der Waals surface area contributed by atoms with Crippen LogP contribution in [0.2, 0.25) is 0 Å². The zero-order valence-corrected chi connectivity index (χ0v) is 8.47.